The van der Waals surface area contributed by atoms with Crippen molar-refractivity contribution in [2.75, 3.05) is 5.73 Å². The number of carbonyl (C=O) groups is 1. The van der Waals surface area contributed by atoms with E-state index in [9.17, 15) is 14.7 Å². The van der Waals surface area contributed by atoms with Crippen molar-refractivity contribution in [1.29, 1.82) is 0 Å². The summed E-state index contributed by atoms with van der Waals surface area (Å²) in [5.74, 6) is -0.800. The normalized spacial score (nSPS) is 10.7. The number of aromatic nitrogens is 2. The van der Waals surface area contributed by atoms with E-state index in [0.717, 1.165) is 5.56 Å². The van der Waals surface area contributed by atoms with Crippen LogP contribution in [-0.2, 0) is 0 Å². The lowest BCUT2D eigenvalue weighted by molar-refractivity contribution is 0.100. The lowest BCUT2D eigenvalue weighted by atomic mass is 10.0. The first kappa shape index (κ1) is 17.2. The molecule has 0 bridgehead atoms. The minimum atomic E-state index is -0.748. The standard InChI is InChI=1S/C19H18N4O3/c1-10-3-4-15(24)11(2)16(10)23-17(20)14(18(21)25)9-13(19(23)26)12-5-7-22-8-6-12/h3-9,24H,20H2,1-2H3,(H2,21,25). The highest BCUT2D eigenvalue weighted by atomic mass is 16.3. The summed E-state index contributed by atoms with van der Waals surface area (Å²) in [5.41, 5.74) is 13.7. The molecule has 2 heterocycles. The number of hydrogen-bond donors (Lipinski definition) is 3. The van der Waals surface area contributed by atoms with Crippen LogP contribution >= 0.6 is 0 Å². The minimum absolute atomic E-state index is 0.0202. The summed E-state index contributed by atoms with van der Waals surface area (Å²) in [7, 11) is 0. The maximum atomic E-state index is 13.2. The molecule has 0 unspecified atom stereocenters. The zero-order chi connectivity index (χ0) is 19.0. The second-order valence-corrected chi connectivity index (χ2v) is 5.97. The summed E-state index contributed by atoms with van der Waals surface area (Å²) in [6.07, 6.45) is 3.09. The van der Waals surface area contributed by atoms with Crippen molar-refractivity contribution in [2.24, 2.45) is 5.73 Å². The summed E-state index contributed by atoms with van der Waals surface area (Å²) in [6.45, 7) is 3.46. The van der Waals surface area contributed by atoms with Crippen LogP contribution in [0.5, 0.6) is 5.75 Å². The van der Waals surface area contributed by atoms with E-state index in [2.05, 4.69) is 4.98 Å². The van der Waals surface area contributed by atoms with Crippen molar-refractivity contribution in [3.05, 3.63) is 69.8 Å². The Morgan fingerprint density at radius 2 is 1.81 bits per heavy atom. The van der Waals surface area contributed by atoms with Crippen LogP contribution < -0.4 is 17.0 Å². The van der Waals surface area contributed by atoms with Gasteiger partial charge in [-0.2, -0.15) is 0 Å². The highest BCUT2D eigenvalue weighted by Gasteiger charge is 2.21. The Balaban J connectivity index is 2.47. The van der Waals surface area contributed by atoms with Crippen LogP contribution in [-0.4, -0.2) is 20.6 Å². The number of rotatable bonds is 3. The number of nitrogen functional groups attached to an aromatic ring is 1. The molecular formula is C19H18N4O3. The first-order valence-corrected chi connectivity index (χ1v) is 7.88. The molecule has 7 nitrogen and oxygen atoms in total. The van der Waals surface area contributed by atoms with E-state index in [-0.39, 0.29) is 22.7 Å². The number of aryl methyl sites for hydroxylation is 1. The highest BCUT2D eigenvalue weighted by molar-refractivity contribution is 5.98. The highest BCUT2D eigenvalue weighted by Crippen LogP contribution is 2.29. The van der Waals surface area contributed by atoms with Gasteiger partial charge in [0.2, 0.25) is 0 Å². The SMILES string of the molecule is Cc1ccc(O)c(C)c1-n1c(N)c(C(N)=O)cc(-c2ccncc2)c1=O. The van der Waals surface area contributed by atoms with Crippen LogP contribution in [0.4, 0.5) is 5.82 Å². The van der Waals surface area contributed by atoms with Gasteiger partial charge in [-0.1, -0.05) is 6.07 Å². The molecule has 0 aliphatic carbocycles. The van der Waals surface area contributed by atoms with Crippen LogP contribution in [0.15, 0.2) is 47.5 Å². The van der Waals surface area contributed by atoms with Crippen LogP contribution in [0.25, 0.3) is 16.8 Å². The molecule has 0 radical (unpaired) electrons. The molecule has 0 aliphatic rings. The molecule has 0 spiro atoms. The van der Waals surface area contributed by atoms with E-state index in [4.69, 9.17) is 11.5 Å². The Morgan fingerprint density at radius 3 is 2.42 bits per heavy atom. The molecule has 0 saturated heterocycles. The third-order valence-corrected chi connectivity index (χ3v) is 4.32. The first-order valence-electron chi connectivity index (χ1n) is 7.88. The van der Waals surface area contributed by atoms with Crippen molar-refractivity contribution in [3.8, 4) is 22.6 Å². The average molecular weight is 350 g/mol. The fourth-order valence-corrected chi connectivity index (χ4v) is 2.96. The van der Waals surface area contributed by atoms with E-state index >= 15 is 0 Å². The van der Waals surface area contributed by atoms with E-state index < -0.39 is 11.5 Å². The lowest BCUT2D eigenvalue weighted by Crippen LogP contribution is -2.28. The summed E-state index contributed by atoms with van der Waals surface area (Å²) >= 11 is 0. The van der Waals surface area contributed by atoms with Crippen molar-refractivity contribution < 1.29 is 9.90 Å². The van der Waals surface area contributed by atoms with Crippen molar-refractivity contribution in [2.45, 2.75) is 13.8 Å². The Hall–Kier alpha value is -3.61. The molecule has 1 aromatic carbocycles. The second-order valence-electron chi connectivity index (χ2n) is 5.97. The molecule has 0 saturated carbocycles. The fourth-order valence-electron chi connectivity index (χ4n) is 2.96. The number of primary amides is 1. The third-order valence-electron chi connectivity index (χ3n) is 4.32. The summed E-state index contributed by atoms with van der Waals surface area (Å²) in [5, 5.41) is 10.1. The lowest BCUT2D eigenvalue weighted by Gasteiger charge is -2.19. The van der Waals surface area contributed by atoms with Gasteiger partial charge in [0.1, 0.15) is 11.6 Å². The molecule has 3 rings (SSSR count). The van der Waals surface area contributed by atoms with Gasteiger partial charge < -0.3 is 16.6 Å². The number of nitrogens with zero attached hydrogens (tertiary/aromatic N) is 2. The average Bonchev–Trinajstić information content (AvgIpc) is 2.61. The molecule has 2 aromatic heterocycles. The summed E-state index contributed by atoms with van der Waals surface area (Å²) in [6, 6.07) is 7.91. The van der Waals surface area contributed by atoms with Gasteiger partial charge in [-0.25, -0.2) is 0 Å². The van der Waals surface area contributed by atoms with Crippen molar-refractivity contribution in [3.63, 3.8) is 0 Å². The van der Waals surface area contributed by atoms with Gasteiger partial charge in [-0.15, -0.1) is 0 Å². The maximum absolute atomic E-state index is 13.2. The Morgan fingerprint density at radius 1 is 1.15 bits per heavy atom. The van der Waals surface area contributed by atoms with Gasteiger partial charge in [-0.3, -0.25) is 19.1 Å². The van der Waals surface area contributed by atoms with Crippen molar-refractivity contribution in [1.82, 2.24) is 9.55 Å². The molecule has 26 heavy (non-hydrogen) atoms. The minimum Gasteiger partial charge on any atom is -0.508 e. The van der Waals surface area contributed by atoms with Gasteiger partial charge in [0, 0.05) is 23.5 Å². The Kier molecular flexibility index (Phi) is 4.21. The van der Waals surface area contributed by atoms with Gasteiger partial charge in [0.05, 0.1) is 11.3 Å². The van der Waals surface area contributed by atoms with Gasteiger partial charge in [-0.05, 0) is 49.2 Å². The molecule has 0 fully saturated rings. The predicted molar refractivity (Wildman–Crippen MR) is 99.3 cm³/mol. The molecule has 5 N–H and O–H groups in total. The van der Waals surface area contributed by atoms with E-state index in [1.165, 1.54) is 16.7 Å². The Bertz CT molecular complexity index is 1070. The fraction of sp³-hybridized carbons (Fsp3) is 0.105. The number of carbonyl (C=O) groups excluding carboxylic acids is 1. The van der Waals surface area contributed by atoms with E-state index in [0.29, 0.717) is 16.8 Å². The van der Waals surface area contributed by atoms with Crippen molar-refractivity contribution >= 4 is 11.7 Å². The number of pyridine rings is 2. The van der Waals surface area contributed by atoms with Gasteiger partial charge in [0.15, 0.2) is 0 Å². The van der Waals surface area contributed by atoms with Gasteiger partial charge >= 0.3 is 0 Å². The third kappa shape index (κ3) is 2.69. The second kappa shape index (κ2) is 6.36. The number of anilines is 1. The number of phenolic OH excluding ortho intramolecular Hbond substituents is 1. The number of nitrogens with two attached hydrogens (primary N) is 2. The maximum Gasteiger partial charge on any atom is 0.264 e. The monoisotopic (exact) mass is 350 g/mol. The number of benzene rings is 1. The van der Waals surface area contributed by atoms with Crippen LogP contribution in [0.1, 0.15) is 21.5 Å². The topological polar surface area (TPSA) is 124 Å². The number of phenols is 1. The van der Waals surface area contributed by atoms with E-state index in [1.807, 2.05) is 0 Å². The number of amides is 1. The first-order chi connectivity index (χ1) is 12.3. The molecular weight excluding hydrogens is 332 g/mol. The molecule has 1 amide bonds. The zero-order valence-corrected chi connectivity index (χ0v) is 14.4. The molecule has 3 aromatic rings. The van der Waals surface area contributed by atoms with E-state index in [1.54, 1.807) is 44.4 Å². The van der Waals surface area contributed by atoms with Crippen LogP contribution in [0.3, 0.4) is 0 Å². The Labute approximate surface area is 149 Å². The zero-order valence-electron chi connectivity index (χ0n) is 14.4. The molecule has 0 aliphatic heterocycles. The largest absolute Gasteiger partial charge is 0.508 e. The molecule has 132 valence electrons. The summed E-state index contributed by atoms with van der Waals surface area (Å²) in [4.78, 5) is 29.0. The van der Waals surface area contributed by atoms with Crippen LogP contribution in [0, 0.1) is 13.8 Å². The van der Waals surface area contributed by atoms with Crippen LogP contribution in [0.2, 0.25) is 0 Å². The smallest absolute Gasteiger partial charge is 0.264 e. The van der Waals surface area contributed by atoms with Gasteiger partial charge in [0.25, 0.3) is 11.5 Å². The molecule has 0 atom stereocenters. The number of aromatic hydroxyl groups is 1. The summed E-state index contributed by atoms with van der Waals surface area (Å²) < 4.78 is 1.22. The number of hydrogen-bond acceptors (Lipinski definition) is 5. The predicted octanol–water partition coefficient (Wildman–Crippen LogP) is 1.90. The quantitative estimate of drug-likeness (QED) is 0.665. The molecule has 7 heteroatoms.